The first-order valence-corrected chi connectivity index (χ1v) is 11.9. The van der Waals surface area contributed by atoms with Crippen molar-refractivity contribution < 1.29 is 21.6 Å². The zero-order valence-corrected chi connectivity index (χ0v) is 16.9. The van der Waals surface area contributed by atoms with Crippen molar-refractivity contribution >= 4 is 25.8 Å². The van der Waals surface area contributed by atoms with Gasteiger partial charge in [0, 0.05) is 13.1 Å². The van der Waals surface area contributed by atoms with Gasteiger partial charge in [0.1, 0.15) is 6.04 Å². The summed E-state index contributed by atoms with van der Waals surface area (Å²) in [6.07, 6.45) is 0.340. The third-order valence-electron chi connectivity index (χ3n) is 4.29. The summed E-state index contributed by atoms with van der Waals surface area (Å²) in [6, 6.07) is 5.48. The van der Waals surface area contributed by atoms with E-state index in [2.05, 4.69) is 4.72 Å². The van der Waals surface area contributed by atoms with E-state index in [9.17, 15) is 21.6 Å². The van der Waals surface area contributed by atoms with E-state index in [1.54, 1.807) is 12.1 Å². The number of hydrogen-bond acceptors (Lipinski definition) is 5. The van der Waals surface area contributed by atoms with Crippen LogP contribution >= 0.6 is 0 Å². The van der Waals surface area contributed by atoms with Crippen LogP contribution in [0.3, 0.4) is 0 Å². The number of sulfonamides is 1. The minimum Gasteiger partial charge on any atom is -0.339 e. The van der Waals surface area contributed by atoms with Crippen LogP contribution in [0.1, 0.15) is 25.8 Å². The SMILES string of the molecule is Cc1ccc(S(=O)(=O)N[C@@H](CC(C)C)C(=O)N2CCS(=O)(=O)CC2)cc1. The van der Waals surface area contributed by atoms with Crippen molar-refractivity contribution in [2.75, 3.05) is 24.6 Å². The zero-order valence-electron chi connectivity index (χ0n) is 15.3. The molecule has 1 fully saturated rings. The molecular weight excluding hydrogens is 376 g/mol. The second kappa shape index (κ2) is 8.06. The van der Waals surface area contributed by atoms with E-state index in [1.807, 2.05) is 20.8 Å². The average molecular weight is 403 g/mol. The molecule has 2 rings (SSSR count). The summed E-state index contributed by atoms with van der Waals surface area (Å²) in [7, 11) is -6.96. The average Bonchev–Trinajstić information content (AvgIpc) is 2.53. The van der Waals surface area contributed by atoms with E-state index in [0.29, 0.717) is 6.42 Å². The molecule has 0 unspecified atom stereocenters. The first kappa shape index (κ1) is 20.9. The third kappa shape index (κ3) is 5.52. The molecule has 1 aliphatic rings. The van der Waals surface area contributed by atoms with Gasteiger partial charge in [-0.25, -0.2) is 16.8 Å². The Morgan fingerprint density at radius 2 is 1.69 bits per heavy atom. The smallest absolute Gasteiger partial charge is 0.241 e. The van der Waals surface area contributed by atoms with Gasteiger partial charge in [0.25, 0.3) is 0 Å². The van der Waals surface area contributed by atoms with Crippen LogP contribution in [0, 0.1) is 12.8 Å². The number of carbonyl (C=O) groups excluding carboxylic acids is 1. The topological polar surface area (TPSA) is 101 Å². The van der Waals surface area contributed by atoms with E-state index in [-0.39, 0.29) is 41.3 Å². The lowest BCUT2D eigenvalue weighted by molar-refractivity contribution is -0.133. The number of aryl methyl sites for hydroxylation is 1. The van der Waals surface area contributed by atoms with Crippen molar-refractivity contribution in [1.82, 2.24) is 9.62 Å². The minimum atomic E-state index is -3.84. The van der Waals surface area contributed by atoms with Crippen LogP contribution in [0.4, 0.5) is 0 Å². The Labute approximate surface area is 155 Å². The van der Waals surface area contributed by atoms with Gasteiger partial charge in [-0.15, -0.1) is 0 Å². The molecule has 0 aliphatic carbocycles. The normalized spacial score (nSPS) is 18.7. The molecule has 1 aromatic carbocycles. The molecule has 1 N–H and O–H groups in total. The summed E-state index contributed by atoms with van der Waals surface area (Å²) < 4.78 is 50.9. The number of carbonyl (C=O) groups is 1. The number of nitrogens with one attached hydrogen (secondary N) is 1. The van der Waals surface area contributed by atoms with Crippen LogP contribution in [-0.2, 0) is 24.7 Å². The van der Waals surface area contributed by atoms with Crippen LogP contribution in [-0.4, -0.2) is 58.3 Å². The lowest BCUT2D eigenvalue weighted by Gasteiger charge is -2.31. The van der Waals surface area contributed by atoms with Crippen molar-refractivity contribution in [3.8, 4) is 0 Å². The number of benzene rings is 1. The van der Waals surface area contributed by atoms with Crippen LogP contribution in [0.15, 0.2) is 29.2 Å². The summed E-state index contributed by atoms with van der Waals surface area (Å²) >= 11 is 0. The van der Waals surface area contributed by atoms with E-state index < -0.39 is 25.9 Å². The van der Waals surface area contributed by atoms with E-state index in [4.69, 9.17) is 0 Å². The second-order valence-electron chi connectivity index (χ2n) is 7.09. The maximum absolute atomic E-state index is 12.8. The van der Waals surface area contributed by atoms with Crippen molar-refractivity contribution in [3.05, 3.63) is 29.8 Å². The fourth-order valence-electron chi connectivity index (χ4n) is 2.80. The van der Waals surface area contributed by atoms with Crippen molar-refractivity contribution in [2.24, 2.45) is 5.92 Å². The van der Waals surface area contributed by atoms with Crippen molar-refractivity contribution in [1.29, 1.82) is 0 Å². The minimum absolute atomic E-state index is 0.0855. The maximum Gasteiger partial charge on any atom is 0.241 e. The van der Waals surface area contributed by atoms with Gasteiger partial charge >= 0.3 is 0 Å². The van der Waals surface area contributed by atoms with Crippen LogP contribution < -0.4 is 4.72 Å². The number of nitrogens with zero attached hydrogens (tertiary/aromatic N) is 1. The molecule has 26 heavy (non-hydrogen) atoms. The molecule has 0 aromatic heterocycles. The highest BCUT2D eigenvalue weighted by atomic mass is 32.2. The van der Waals surface area contributed by atoms with Gasteiger partial charge < -0.3 is 4.90 Å². The molecule has 0 saturated carbocycles. The lowest BCUT2D eigenvalue weighted by Crippen LogP contribution is -2.53. The quantitative estimate of drug-likeness (QED) is 0.763. The van der Waals surface area contributed by atoms with E-state index >= 15 is 0 Å². The Hall–Kier alpha value is -1.45. The van der Waals surface area contributed by atoms with Crippen LogP contribution in [0.5, 0.6) is 0 Å². The van der Waals surface area contributed by atoms with Gasteiger partial charge in [0.2, 0.25) is 15.9 Å². The highest BCUT2D eigenvalue weighted by molar-refractivity contribution is 7.91. The standard InChI is InChI=1S/C17H26N2O5S2/c1-13(2)12-16(17(20)19-8-10-25(21,22)11-9-19)18-26(23,24)15-6-4-14(3)5-7-15/h4-7,13,16,18H,8-12H2,1-3H3/t16-/m0/s1. The summed E-state index contributed by atoms with van der Waals surface area (Å²) in [4.78, 5) is 14.4. The molecule has 0 radical (unpaired) electrons. The molecule has 1 atom stereocenters. The monoisotopic (exact) mass is 402 g/mol. The lowest BCUT2D eigenvalue weighted by atomic mass is 10.0. The zero-order chi connectivity index (χ0) is 19.5. The van der Waals surface area contributed by atoms with Gasteiger partial charge in [0.05, 0.1) is 16.4 Å². The molecule has 1 aromatic rings. The first-order valence-electron chi connectivity index (χ1n) is 8.58. The highest BCUT2D eigenvalue weighted by Gasteiger charge is 2.32. The summed E-state index contributed by atoms with van der Waals surface area (Å²) in [6.45, 7) is 5.87. The Bertz CT molecular complexity index is 832. The van der Waals surface area contributed by atoms with Crippen molar-refractivity contribution in [2.45, 2.75) is 38.1 Å². The fourth-order valence-corrected chi connectivity index (χ4v) is 5.20. The molecule has 7 nitrogen and oxygen atoms in total. The highest BCUT2D eigenvalue weighted by Crippen LogP contribution is 2.16. The van der Waals surface area contributed by atoms with E-state index in [0.717, 1.165) is 5.56 Å². The largest absolute Gasteiger partial charge is 0.339 e. The molecule has 0 bridgehead atoms. The van der Waals surface area contributed by atoms with E-state index in [1.165, 1.54) is 17.0 Å². The van der Waals surface area contributed by atoms with Crippen LogP contribution in [0.2, 0.25) is 0 Å². The Morgan fingerprint density at radius 3 is 2.19 bits per heavy atom. The number of hydrogen-bond donors (Lipinski definition) is 1. The summed E-state index contributed by atoms with van der Waals surface area (Å²) in [5.41, 5.74) is 0.938. The third-order valence-corrected chi connectivity index (χ3v) is 7.39. The fraction of sp³-hybridized carbons (Fsp3) is 0.588. The maximum atomic E-state index is 12.8. The Balaban J connectivity index is 2.18. The molecule has 1 amide bonds. The van der Waals surface area contributed by atoms with Crippen molar-refractivity contribution in [3.63, 3.8) is 0 Å². The first-order chi connectivity index (χ1) is 12.0. The predicted octanol–water partition coefficient (Wildman–Crippen LogP) is 0.945. The Morgan fingerprint density at radius 1 is 1.15 bits per heavy atom. The molecule has 146 valence electrons. The molecule has 9 heteroatoms. The van der Waals surface area contributed by atoms with Gasteiger partial charge in [-0.2, -0.15) is 4.72 Å². The predicted molar refractivity (Wildman–Crippen MR) is 100.0 cm³/mol. The summed E-state index contributed by atoms with van der Waals surface area (Å²) in [5, 5.41) is 0. The second-order valence-corrected chi connectivity index (χ2v) is 11.1. The molecule has 1 saturated heterocycles. The number of sulfone groups is 1. The van der Waals surface area contributed by atoms with Gasteiger partial charge in [0.15, 0.2) is 9.84 Å². The molecule has 1 aliphatic heterocycles. The molecular formula is C17H26N2O5S2. The van der Waals surface area contributed by atoms with Gasteiger partial charge in [-0.1, -0.05) is 31.5 Å². The number of amides is 1. The van der Waals surface area contributed by atoms with Gasteiger partial charge in [-0.05, 0) is 31.4 Å². The van der Waals surface area contributed by atoms with Crippen LogP contribution in [0.25, 0.3) is 0 Å². The summed E-state index contributed by atoms with van der Waals surface area (Å²) in [5.74, 6) is -0.446. The molecule has 0 spiro atoms. The molecule has 1 heterocycles. The Kier molecular flexibility index (Phi) is 6.46. The van der Waals surface area contributed by atoms with Gasteiger partial charge in [-0.3, -0.25) is 4.79 Å². The number of rotatable bonds is 6.